The van der Waals surface area contributed by atoms with Crippen LogP contribution in [0.5, 0.6) is 0 Å². The summed E-state index contributed by atoms with van der Waals surface area (Å²) in [5, 5.41) is 3.06. The molecule has 0 spiro atoms. The molecule has 1 aliphatic carbocycles. The Hall–Kier alpha value is -1.65. The van der Waals surface area contributed by atoms with Crippen molar-refractivity contribution in [1.82, 2.24) is 15.3 Å². The predicted molar refractivity (Wildman–Crippen MR) is 63.6 cm³/mol. The molecule has 1 N–H and O–H groups in total. The van der Waals surface area contributed by atoms with E-state index >= 15 is 0 Å². The molecule has 1 saturated carbocycles. The molecule has 1 unspecified atom stereocenters. The largest absolute Gasteiger partial charge is 0.352 e. The number of hydrogen-bond donors (Lipinski definition) is 1. The van der Waals surface area contributed by atoms with E-state index < -0.39 is 0 Å². The molecule has 3 rings (SSSR count). The number of hydrogen-bond acceptors (Lipinski definition) is 4. The highest BCUT2D eigenvalue weighted by Crippen LogP contribution is 2.24. The molecule has 1 aromatic heterocycles. The van der Waals surface area contributed by atoms with Crippen molar-refractivity contribution in [2.75, 3.05) is 11.4 Å². The maximum absolute atomic E-state index is 12.1. The van der Waals surface area contributed by atoms with E-state index in [1.54, 1.807) is 18.5 Å². The molecule has 1 atom stereocenters. The Balaban J connectivity index is 1.72. The van der Waals surface area contributed by atoms with Crippen molar-refractivity contribution in [2.24, 2.45) is 0 Å². The number of anilines is 1. The van der Waals surface area contributed by atoms with Crippen molar-refractivity contribution in [1.29, 1.82) is 0 Å². The smallest absolute Gasteiger partial charge is 0.243 e. The second-order valence-corrected chi connectivity index (χ2v) is 4.68. The van der Waals surface area contributed by atoms with Gasteiger partial charge in [-0.3, -0.25) is 4.79 Å². The van der Waals surface area contributed by atoms with Gasteiger partial charge in [0.05, 0.1) is 0 Å². The summed E-state index contributed by atoms with van der Waals surface area (Å²) < 4.78 is 0. The van der Waals surface area contributed by atoms with Gasteiger partial charge in [0.15, 0.2) is 0 Å². The number of amides is 1. The van der Waals surface area contributed by atoms with Gasteiger partial charge in [0.1, 0.15) is 6.04 Å². The van der Waals surface area contributed by atoms with Gasteiger partial charge < -0.3 is 10.2 Å². The van der Waals surface area contributed by atoms with Crippen LogP contribution in [0.15, 0.2) is 18.5 Å². The summed E-state index contributed by atoms with van der Waals surface area (Å²) in [7, 11) is 0. The third kappa shape index (κ3) is 2.23. The Labute approximate surface area is 100 Å². The first kappa shape index (κ1) is 10.5. The molecule has 1 aromatic rings. The highest BCUT2D eigenvalue weighted by Gasteiger charge is 2.35. The second kappa shape index (κ2) is 4.31. The van der Waals surface area contributed by atoms with Gasteiger partial charge in [-0.1, -0.05) is 0 Å². The first-order valence-electron chi connectivity index (χ1n) is 6.18. The third-order valence-electron chi connectivity index (χ3n) is 3.29. The number of rotatable bonds is 3. The quantitative estimate of drug-likeness (QED) is 0.834. The van der Waals surface area contributed by atoms with Crippen LogP contribution in [-0.2, 0) is 4.79 Å². The minimum absolute atomic E-state index is 0.0852. The highest BCUT2D eigenvalue weighted by atomic mass is 16.2. The molecule has 2 fully saturated rings. The molecule has 17 heavy (non-hydrogen) atoms. The Bertz CT molecular complexity index is 404. The number of nitrogens with zero attached hydrogens (tertiary/aromatic N) is 3. The fourth-order valence-electron chi connectivity index (χ4n) is 2.24. The average molecular weight is 232 g/mol. The molecule has 0 radical (unpaired) electrons. The minimum Gasteiger partial charge on any atom is -0.352 e. The molecule has 1 saturated heterocycles. The first-order valence-corrected chi connectivity index (χ1v) is 6.18. The lowest BCUT2D eigenvalue weighted by atomic mass is 10.2. The van der Waals surface area contributed by atoms with Gasteiger partial charge >= 0.3 is 0 Å². The van der Waals surface area contributed by atoms with Crippen LogP contribution in [0.25, 0.3) is 0 Å². The minimum atomic E-state index is -0.0852. The Morgan fingerprint density at radius 1 is 1.29 bits per heavy atom. The maximum atomic E-state index is 12.1. The number of nitrogens with one attached hydrogen (secondary N) is 1. The molecule has 1 aliphatic heterocycles. The van der Waals surface area contributed by atoms with Gasteiger partial charge in [0.2, 0.25) is 11.9 Å². The molecule has 2 heterocycles. The number of carbonyl (C=O) groups excluding carboxylic acids is 1. The SMILES string of the molecule is O=C(NC1CC1)C1CCCN1c1ncccn1. The van der Waals surface area contributed by atoms with Crippen molar-refractivity contribution < 1.29 is 4.79 Å². The van der Waals surface area contributed by atoms with E-state index in [0.717, 1.165) is 32.2 Å². The monoisotopic (exact) mass is 232 g/mol. The van der Waals surface area contributed by atoms with Gasteiger partial charge in [-0.25, -0.2) is 9.97 Å². The highest BCUT2D eigenvalue weighted by molar-refractivity contribution is 5.85. The first-order chi connectivity index (χ1) is 8.34. The normalized spacial score (nSPS) is 23.8. The molecule has 0 bridgehead atoms. The van der Waals surface area contributed by atoms with Crippen LogP contribution < -0.4 is 10.2 Å². The van der Waals surface area contributed by atoms with Crippen LogP contribution in [0.2, 0.25) is 0 Å². The summed E-state index contributed by atoms with van der Waals surface area (Å²) in [6.45, 7) is 0.868. The van der Waals surface area contributed by atoms with E-state index in [0.29, 0.717) is 12.0 Å². The molecule has 0 aromatic carbocycles. The van der Waals surface area contributed by atoms with Crippen molar-refractivity contribution in [2.45, 2.75) is 37.8 Å². The van der Waals surface area contributed by atoms with Crippen LogP contribution in [0.1, 0.15) is 25.7 Å². The predicted octanol–water partition coefficient (Wildman–Crippen LogP) is 0.724. The summed E-state index contributed by atoms with van der Waals surface area (Å²) in [4.78, 5) is 22.5. The topological polar surface area (TPSA) is 58.1 Å². The third-order valence-corrected chi connectivity index (χ3v) is 3.29. The summed E-state index contributed by atoms with van der Waals surface area (Å²) in [5.74, 6) is 0.804. The standard InChI is InChI=1S/C12H16N4O/c17-11(15-9-4-5-9)10-3-1-8-16(10)12-13-6-2-7-14-12/h2,6-7,9-10H,1,3-5,8H2,(H,15,17). The lowest BCUT2D eigenvalue weighted by Crippen LogP contribution is -2.44. The van der Waals surface area contributed by atoms with Crippen molar-refractivity contribution in [3.63, 3.8) is 0 Å². The van der Waals surface area contributed by atoms with Gasteiger partial charge in [0, 0.05) is 25.0 Å². The summed E-state index contributed by atoms with van der Waals surface area (Å²) >= 11 is 0. The molecular weight excluding hydrogens is 216 g/mol. The van der Waals surface area contributed by atoms with Crippen LogP contribution in [0, 0.1) is 0 Å². The van der Waals surface area contributed by atoms with Gasteiger partial charge in [-0.05, 0) is 31.7 Å². The zero-order chi connectivity index (χ0) is 11.7. The number of carbonyl (C=O) groups is 1. The molecule has 5 heteroatoms. The lowest BCUT2D eigenvalue weighted by Gasteiger charge is -2.23. The molecule has 90 valence electrons. The fourth-order valence-corrected chi connectivity index (χ4v) is 2.24. The Morgan fingerprint density at radius 3 is 2.76 bits per heavy atom. The summed E-state index contributed by atoms with van der Waals surface area (Å²) in [6, 6.07) is 2.12. The lowest BCUT2D eigenvalue weighted by molar-refractivity contribution is -0.122. The van der Waals surface area contributed by atoms with Crippen LogP contribution >= 0.6 is 0 Å². The summed E-state index contributed by atoms with van der Waals surface area (Å²) in [5.41, 5.74) is 0. The zero-order valence-electron chi connectivity index (χ0n) is 9.67. The molecule has 5 nitrogen and oxygen atoms in total. The second-order valence-electron chi connectivity index (χ2n) is 4.68. The maximum Gasteiger partial charge on any atom is 0.243 e. The van der Waals surface area contributed by atoms with Crippen molar-refractivity contribution in [3.05, 3.63) is 18.5 Å². The molecular formula is C12H16N4O. The van der Waals surface area contributed by atoms with E-state index in [1.807, 2.05) is 4.90 Å². The van der Waals surface area contributed by atoms with E-state index in [9.17, 15) is 4.79 Å². The zero-order valence-corrected chi connectivity index (χ0v) is 9.67. The molecule has 1 amide bonds. The van der Waals surface area contributed by atoms with E-state index in [4.69, 9.17) is 0 Å². The van der Waals surface area contributed by atoms with Crippen LogP contribution in [0.3, 0.4) is 0 Å². The van der Waals surface area contributed by atoms with Gasteiger partial charge in [-0.15, -0.1) is 0 Å². The Morgan fingerprint density at radius 2 is 2.06 bits per heavy atom. The van der Waals surface area contributed by atoms with Crippen LogP contribution in [0.4, 0.5) is 5.95 Å². The molecule has 2 aliphatic rings. The summed E-state index contributed by atoms with van der Waals surface area (Å²) in [6.07, 6.45) is 7.62. The van der Waals surface area contributed by atoms with Crippen molar-refractivity contribution >= 4 is 11.9 Å². The van der Waals surface area contributed by atoms with Gasteiger partial charge in [-0.2, -0.15) is 0 Å². The van der Waals surface area contributed by atoms with E-state index in [2.05, 4.69) is 15.3 Å². The van der Waals surface area contributed by atoms with Crippen molar-refractivity contribution in [3.8, 4) is 0 Å². The van der Waals surface area contributed by atoms with E-state index in [-0.39, 0.29) is 11.9 Å². The van der Waals surface area contributed by atoms with Gasteiger partial charge in [0.25, 0.3) is 0 Å². The Kier molecular flexibility index (Phi) is 2.66. The average Bonchev–Trinajstić information content (AvgIpc) is 3.04. The fraction of sp³-hybridized carbons (Fsp3) is 0.583. The van der Waals surface area contributed by atoms with E-state index in [1.165, 1.54) is 0 Å². The number of aromatic nitrogens is 2. The van der Waals surface area contributed by atoms with Crippen LogP contribution in [-0.4, -0.2) is 34.5 Å².